The van der Waals surface area contributed by atoms with Gasteiger partial charge in [0.25, 0.3) is 0 Å². The molecule has 6 heteroatoms. The van der Waals surface area contributed by atoms with E-state index in [9.17, 15) is 14.4 Å². The monoisotopic (exact) mass is 271 g/mol. The summed E-state index contributed by atoms with van der Waals surface area (Å²) in [6.45, 7) is 10.1. The third-order valence-corrected chi connectivity index (χ3v) is 2.71. The molecule has 2 amide bonds. The summed E-state index contributed by atoms with van der Waals surface area (Å²) >= 11 is 0. The molecule has 1 rings (SSSR count). The molecule has 0 spiro atoms. The third kappa shape index (κ3) is 3.45. The van der Waals surface area contributed by atoms with Crippen LogP contribution in [-0.4, -0.2) is 40.6 Å². The molecule has 1 aliphatic heterocycles. The summed E-state index contributed by atoms with van der Waals surface area (Å²) in [7, 11) is 0. The van der Waals surface area contributed by atoms with Gasteiger partial charge in [0, 0.05) is 0 Å². The lowest BCUT2D eigenvalue weighted by Crippen LogP contribution is -2.47. The van der Waals surface area contributed by atoms with Gasteiger partial charge in [-0.3, -0.25) is 4.79 Å². The fourth-order valence-corrected chi connectivity index (χ4v) is 1.97. The van der Waals surface area contributed by atoms with Gasteiger partial charge in [0.2, 0.25) is 0 Å². The van der Waals surface area contributed by atoms with E-state index >= 15 is 0 Å². The number of nitrogens with zero attached hydrogens (tertiary/aromatic N) is 1. The van der Waals surface area contributed by atoms with Gasteiger partial charge in [0.1, 0.15) is 5.60 Å². The van der Waals surface area contributed by atoms with Crippen molar-refractivity contribution in [1.82, 2.24) is 4.90 Å². The second kappa shape index (κ2) is 5.19. The third-order valence-electron chi connectivity index (χ3n) is 2.71. The summed E-state index contributed by atoms with van der Waals surface area (Å²) < 4.78 is 10.2. The molecule has 1 fully saturated rings. The van der Waals surface area contributed by atoms with E-state index in [2.05, 4.69) is 0 Å². The van der Waals surface area contributed by atoms with Gasteiger partial charge in [-0.2, -0.15) is 0 Å². The van der Waals surface area contributed by atoms with Crippen LogP contribution in [0.5, 0.6) is 0 Å². The number of carbonyl (C=O) groups excluding carboxylic acids is 3. The summed E-state index contributed by atoms with van der Waals surface area (Å²) in [4.78, 5) is 36.2. The molecular formula is C13H21NO5. The Labute approximate surface area is 113 Å². The number of carbonyl (C=O) groups is 3. The number of ketones is 1. The Morgan fingerprint density at radius 1 is 1.32 bits per heavy atom. The minimum absolute atomic E-state index is 0.104. The quantitative estimate of drug-likeness (QED) is 0.770. The van der Waals surface area contributed by atoms with Crippen molar-refractivity contribution in [2.24, 2.45) is 5.92 Å². The fourth-order valence-electron chi connectivity index (χ4n) is 1.97. The van der Waals surface area contributed by atoms with Gasteiger partial charge in [-0.15, -0.1) is 0 Å². The minimum Gasteiger partial charge on any atom is -0.443 e. The lowest BCUT2D eigenvalue weighted by molar-refractivity contribution is -0.125. The standard InChI is InChI=1S/C13H21NO5/c1-7(2)9-10(8(3)15)18-11(16)14(9)12(17)19-13(4,5)6/h7,9-10H,1-6H3/t9-,10-/m1/s1. The number of amides is 2. The molecule has 0 aromatic carbocycles. The highest BCUT2D eigenvalue weighted by Crippen LogP contribution is 2.28. The maximum absolute atomic E-state index is 12.0. The van der Waals surface area contributed by atoms with Crippen LogP contribution in [0.4, 0.5) is 9.59 Å². The second-order valence-electron chi connectivity index (χ2n) is 6.00. The number of Topliss-reactive ketones (excluding diaryl/α,β-unsaturated/α-hetero) is 1. The second-order valence-corrected chi connectivity index (χ2v) is 6.00. The number of hydrogen-bond acceptors (Lipinski definition) is 5. The van der Waals surface area contributed by atoms with Gasteiger partial charge in [0.05, 0.1) is 6.04 Å². The number of cyclic esters (lactones) is 1. The lowest BCUT2D eigenvalue weighted by atomic mass is 9.96. The fraction of sp³-hybridized carbons (Fsp3) is 0.769. The van der Waals surface area contributed by atoms with Gasteiger partial charge < -0.3 is 9.47 Å². The van der Waals surface area contributed by atoms with Crippen molar-refractivity contribution in [2.75, 3.05) is 0 Å². The first-order chi connectivity index (χ1) is 8.54. The molecule has 0 aliphatic carbocycles. The van der Waals surface area contributed by atoms with Crippen LogP contribution in [0.3, 0.4) is 0 Å². The van der Waals surface area contributed by atoms with Gasteiger partial charge in [0.15, 0.2) is 11.9 Å². The van der Waals surface area contributed by atoms with E-state index in [4.69, 9.17) is 9.47 Å². The van der Waals surface area contributed by atoms with Crippen molar-refractivity contribution in [3.63, 3.8) is 0 Å². The Balaban J connectivity index is 3.00. The molecule has 0 aromatic heterocycles. The number of rotatable bonds is 2. The Hall–Kier alpha value is -1.59. The highest BCUT2D eigenvalue weighted by molar-refractivity contribution is 5.95. The Morgan fingerprint density at radius 3 is 2.21 bits per heavy atom. The van der Waals surface area contributed by atoms with E-state index < -0.39 is 29.9 Å². The first-order valence-corrected chi connectivity index (χ1v) is 6.28. The zero-order chi connectivity index (χ0) is 15.0. The van der Waals surface area contributed by atoms with Gasteiger partial charge in [-0.25, -0.2) is 14.5 Å². The van der Waals surface area contributed by atoms with Crippen LogP contribution in [0.1, 0.15) is 41.5 Å². The van der Waals surface area contributed by atoms with Crippen LogP contribution in [0, 0.1) is 5.92 Å². The van der Waals surface area contributed by atoms with Crippen molar-refractivity contribution in [2.45, 2.75) is 59.3 Å². The SMILES string of the molecule is CC(=O)[C@H]1OC(=O)N(C(=O)OC(C)(C)C)[C@@H]1C(C)C. The van der Waals surface area contributed by atoms with Crippen LogP contribution in [0.25, 0.3) is 0 Å². The minimum atomic E-state index is -0.917. The average Bonchev–Trinajstić information content (AvgIpc) is 2.53. The average molecular weight is 271 g/mol. The summed E-state index contributed by atoms with van der Waals surface area (Å²) in [5, 5.41) is 0. The van der Waals surface area contributed by atoms with Crippen LogP contribution >= 0.6 is 0 Å². The molecule has 0 bridgehead atoms. The van der Waals surface area contributed by atoms with Gasteiger partial charge >= 0.3 is 12.2 Å². The lowest BCUT2D eigenvalue weighted by Gasteiger charge is -2.28. The molecule has 0 unspecified atom stereocenters. The van der Waals surface area contributed by atoms with Gasteiger partial charge in [-0.1, -0.05) is 13.8 Å². The smallest absolute Gasteiger partial charge is 0.420 e. The molecule has 0 radical (unpaired) electrons. The molecule has 0 saturated carbocycles. The van der Waals surface area contributed by atoms with Crippen LogP contribution in [0.15, 0.2) is 0 Å². The number of imide groups is 1. The number of ether oxygens (including phenoxy) is 2. The molecule has 0 aromatic rings. The summed E-state index contributed by atoms with van der Waals surface area (Å²) in [5.74, 6) is -0.383. The Bertz CT molecular complexity index is 396. The highest BCUT2D eigenvalue weighted by Gasteiger charge is 2.50. The number of hydrogen-bond donors (Lipinski definition) is 0. The molecule has 1 saturated heterocycles. The largest absolute Gasteiger partial charge is 0.443 e. The van der Waals surface area contributed by atoms with Crippen molar-refractivity contribution < 1.29 is 23.9 Å². The first-order valence-electron chi connectivity index (χ1n) is 6.28. The van der Waals surface area contributed by atoms with Crippen LogP contribution in [-0.2, 0) is 14.3 Å². The van der Waals surface area contributed by atoms with E-state index in [-0.39, 0.29) is 11.7 Å². The maximum atomic E-state index is 12.0. The van der Waals surface area contributed by atoms with Crippen LogP contribution in [0.2, 0.25) is 0 Å². The summed E-state index contributed by atoms with van der Waals surface area (Å²) in [6, 6.07) is -0.625. The van der Waals surface area contributed by atoms with E-state index in [0.29, 0.717) is 0 Å². The highest BCUT2D eigenvalue weighted by atomic mass is 16.6. The van der Waals surface area contributed by atoms with Crippen molar-refractivity contribution >= 4 is 18.0 Å². The summed E-state index contributed by atoms with van der Waals surface area (Å²) in [6.07, 6.45) is -2.52. The van der Waals surface area contributed by atoms with Crippen molar-refractivity contribution in [3.05, 3.63) is 0 Å². The molecule has 2 atom stereocenters. The predicted octanol–water partition coefficient (Wildman–Crippen LogP) is 2.36. The molecule has 0 N–H and O–H groups in total. The zero-order valence-corrected chi connectivity index (χ0v) is 12.2. The van der Waals surface area contributed by atoms with E-state index in [1.165, 1.54) is 6.92 Å². The van der Waals surface area contributed by atoms with Crippen molar-refractivity contribution in [3.8, 4) is 0 Å². The van der Waals surface area contributed by atoms with Crippen LogP contribution < -0.4 is 0 Å². The molecule has 108 valence electrons. The maximum Gasteiger partial charge on any atom is 0.420 e. The molecule has 1 aliphatic rings. The zero-order valence-electron chi connectivity index (χ0n) is 12.2. The molecular weight excluding hydrogens is 250 g/mol. The predicted molar refractivity (Wildman–Crippen MR) is 67.6 cm³/mol. The molecule has 19 heavy (non-hydrogen) atoms. The first kappa shape index (κ1) is 15.5. The van der Waals surface area contributed by atoms with E-state index in [0.717, 1.165) is 4.90 Å². The normalized spacial score (nSPS) is 23.5. The topological polar surface area (TPSA) is 72.9 Å². The summed E-state index contributed by atoms with van der Waals surface area (Å²) in [5.41, 5.74) is -0.715. The van der Waals surface area contributed by atoms with Crippen molar-refractivity contribution in [1.29, 1.82) is 0 Å². The van der Waals surface area contributed by atoms with E-state index in [1.54, 1.807) is 20.8 Å². The Kier molecular flexibility index (Phi) is 4.22. The Morgan fingerprint density at radius 2 is 1.84 bits per heavy atom. The van der Waals surface area contributed by atoms with E-state index in [1.807, 2.05) is 13.8 Å². The molecule has 6 nitrogen and oxygen atoms in total. The molecule has 1 heterocycles. The van der Waals surface area contributed by atoms with Gasteiger partial charge in [-0.05, 0) is 33.6 Å².